The summed E-state index contributed by atoms with van der Waals surface area (Å²) < 4.78 is 5.80. The summed E-state index contributed by atoms with van der Waals surface area (Å²) in [6, 6.07) is 12.3. The zero-order valence-corrected chi connectivity index (χ0v) is 24.4. The number of carbonyl (C=O) groups excluding carboxylic acids is 1. The van der Waals surface area contributed by atoms with Crippen molar-refractivity contribution >= 4 is 46.2 Å². The number of nitrogens with zero attached hydrogens (tertiary/aromatic N) is 3. The number of piperazine rings is 1. The van der Waals surface area contributed by atoms with Gasteiger partial charge in [0.25, 0.3) is 5.22 Å². The van der Waals surface area contributed by atoms with Gasteiger partial charge in [-0.1, -0.05) is 57.7 Å². The number of benzene rings is 2. The Bertz CT molecular complexity index is 1150. The normalized spacial score (nSPS) is 15.2. The molecular weight excluding hydrogens is 500 g/mol. The van der Waals surface area contributed by atoms with Crippen LogP contribution in [-0.4, -0.2) is 72.0 Å². The minimum atomic E-state index is 0.0882. The third kappa shape index (κ3) is 7.31. The van der Waals surface area contributed by atoms with Crippen molar-refractivity contribution in [1.29, 1.82) is 0 Å². The molecule has 1 aliphatic rings. The molecule has 6 nitrogen and oxygen atoms in total. The van der Waals surface area contributed by atoms with E-state index in [0.717, 1.165) is 66.9 Å². The third-order valence-electron chi connectivity index (χ3n) is 6.87. The van der Waals surface area contributed by atoms with Gasteiger partial charge in [0.05, 0.1) is 6.54 Å². The summed E-state index contributed by atoms with van der Waals surface area (Å²) in [5.74, 6) is 1.78. The molecule has 1 amide bonds. The van der Waals surface area contributed by atoms with Crippen molar-refractivity contribution in [3.63, 3.8) is 0 Å². The van der Waals surface area contributed by atoms with Crippen molar-refractivity contribution in [2.24, 2.45) is 0 Å². The second-order valence-corrected chi connectivity index (χ2v) is 12.2. The fourth-order valence-corrected chi connectivity index (χ4v) is 6.42. The Hall–Kier alpha value is -2.00. The van der Waals surface area contributed by atoms with Crippen LogP contribution < -0.4 is 5.32 Å². The Morgan fingerprint density at radius 2 is 1.76 bits per heavy atom. The van der Waals surface area contributed by atoms with Crippen LogP contribution >= 0.6 is 23.5 Å². The van der Waals surface area contributed by atoms with Crippen molar-refractivity contribution < 1.29 is 9.21 Å². The summed E-state index contributed by atoms with van der Waals surface area (Å²) in [4.78, 5) is 23.7. The van der Waals surface area contributed by atoms with Gasteiger partial charge in [-0.2, -0.15) is 0 Å². The monoisotopic (exact) mass is 540 g/mol. The van der Waals surface area contributed by atoms with Gasteiger partial charge in [-0.3, -0.25) is 9.69 Å². The number of nitrogens with one attached hydrogen (secondary N) is 1. The lowest BCUT2D eigenvalue weighted by molar-refractivity contribution is -0.117. The summed E-state index contributed by atoms with van der Waals surface area (Å²) in [7, 11) is 0. The lowest BCUT2D eigenvalue weighted by Gasteiger charge is -2.34. The summed E-state index contributed by atoms with van der Waals surface area (Å²) in [5, 5.41) is 4.07. The number of hydrogen-bond acceptors (Lipinski definition) is 7. The summed E-state index contributed by atoms with van der Waals surface area (Å²) in [6.45, 7) is 14.1. The first-order valence-corrected chi connectivity index (χ1v) is 15.5. The molecule has 0 radical (unpaired) electrons. The van der Waals surface area contributed by atoms with E-state index in [9.17, 15) is 4.79 Å². The minimum absolute atomic E-state index is 0.0882. The van der Waals surface area contributed by atoms with E-state index in [0.29, 0.717) is 18.4 Å². The van der Waals surface area contributed by atoms with Crippen molar-refractivity contribution in [1.82, 2.24) is 14.8 Å². The Morgan fingerprint density at radius 3 is 2.43 bits per heavy atom. The standard InChI is InChI=1S/C29H40N4O2S2/c1-20(2)22-11-12-25(36-5)27(21(3)4)28(22)31-26(34)19-33-16-14-32(15-17-33)13-8-18-37-29-30-23-9-6-7-10-24(23)35-29/h6-7,9-12,20-21H,8,13-19H2,1-5H3,(H,31,34). The highest BCUT2D eigenvalue weighted by molar-refractivity contribution is 7.99. The molecule has 200 valence electrons. The molecule has 8 heteroatoms. The highest BCUT2D eigenvalue weighted by Gasteiger charge is 2.22. The molecule has 2 heterocycles. The molecule has 1 aromatic heterocycles. The zero-order valence-electron chi connectivity index (χ0n) is 22.8. The van der Waals surface area contributed by atoms with Crippen LogP contribution in [0.4, 0.5) is 5.69 Å². The Morgan fingerprint density at radius 1 is 1.03 bits per heavy atom. The third-order valence-corrected chi connectivity index (χ3v) is 8.58. The van der Waals surface area contributed by atoms with Crippen LogP contribution in [0.5, 0.6) is 0 Å². The quantitative estimate of drug-likeness (QED) is 0.219. The van der Waals surface area contributed by atoms with Crippen molar-refractivity contribution in [2.75, 3.05) is 56.6 Å². The largest absolute Gasteiger partial charge is 0.431 e. The van der Waals surface area contributed by atoms with Gasteiger partial charge in [0.2, 0.25) is 5.91 Å². The molecule has 0 atom stereocenters. The molecule has 1 N–H and O–H groups in total. The highest BCUT2D eigenvalue weighted by Crippen LogP contribution is 2.38. The molecule has 4 rings (SSSR count). The molecule has 2 aromatic carbocycles. The van der Waals surface area contributed by atoms with Gasteiger partial charge < -0.3 is 14.6 Å². The van der Waals surface area contributed by atoms with Crippen LogP contribution in [0, 0.1) is 0 Å². The average molecular weight is 541 g/mol. The summed E-state index contributed by atoms with van der Waals surface area (Å²) >= 11 is 3.44. The van der Waals surface area contributed by atoms with Crippen LogP contribution in [0.3, 0.4) is 0 Å². The average Bonchev–Trinajstić information content (AvgIpc) is 3.29. The topological polar surface area (TPSA) is 61.6 Å². The predicted molar refractivity (Wildman–Crippen MR) is 157 cm³/mol. The van der Waals surface area contributed by atoms with Gasteiger partial charge in [0.15, 0.2) is 5.58 Å². The van der Waals surface area contributed by atoms with Crippen molar-refractivity contribution in [2.45, 2.75) is 56.1 Å². The number of carbonyl (C=O) groups is 1. The molecule has 0 spiro atoms. The van der Waals surface area contributed by atoms with E-state index in [1.54, 1.807) is 23.5 Å². The van der Waals surface area contributed by atoms with Gasteiger partial charge >= 0.3 is 0 Å². The maximum Gasteiger partial charge on any atom is 0.256 e. The first-order chi connectivity index (χ1) is 17.9. The lowest BCUT2D eigenvalue weighted by atomic mass is 9.92. The predicted octanol–water partition coefficient (Wildman–Crippen LogP) is 6.54. The Kier molecular flexibility index (Phi) is 9.98. The fourth-order valence-electron chi connectivity index (χ4n) is 4.90. The Labute approximate surface area is 229 Å². The number of aromatic nitrogens is 1. The van der Waals surface area contributed by atoms with Crippen LogP contribution in [0.15, 0.2) is 50.9 Å². The molecule has 0 bridgehead atoms. The first kappa shape index (κ1) is 28.0. The number of fused-ring (bicyclic) bond motifs is 1. The lowest BCUT2D eigenvalue weighted by Crippen LogP contribution is -2.48. The smallest absolute Gasteiger partial charge is 0.256 e. The van der Waals surface area contributed by atoms with E-state index in [-0.39, 0.29) is 5.91 Å². The van der Waals surface area contributed by atoms with Crippen molar-refractivity contribution in [3.05, 3.63) is 47.5 Å². The molecule has 1 aliphatic heterocycles. The number of amides is 1. The van der Waals surface area contributed by atoms with E-state index >= 15 is 0 Å². The molecule has 0 unspecified atom stereocenters. The molecular formula is C29H40N4O2S2. The molecule has 3 aromatic rings. The van der Waals surface area contributed by atoms with E-state index in [1.165, 1.54) is 16.0 Å². The maximum atomic E-state index is 13.1. The molecule has 0 aliphatic carbocycles. The molecule has 37 heavy (non-hydrogen) atoms. The number of thioether (sulfide) groups is 2. The van der Waals surface area contributed by atoms with E-state index in [1.807, 2.05) is 24.3 Å². The van der Waals surface area contributed by atoms with Crippen molar-refractivity contribution in [3.8, 4) is 0 Å². The van der Waals surface area contributed by atoms with Gasteiger partial charge in [0, 0.05) is 42.5 Å². The SMILES string of the molecule is CSc1ccc(C(C)C)c(NC(=O)CN2CCN(CCCSc3nc4ccccc4o3)CC2)c1C(C)C. The number of rotatable bonds is 11. The van der Waals surface area contributed by atoms with E-state index in [2.05, 4.69) is 66.2 Å². The number of oxazole rings is 1. The summed E-state index contributed by atoms with van der Waals surface area (Å²) in [6.07, 6.45) is 3.20. The number of anilines is 1. The molecule has 0 saturated carbocycles. The van der Waals surface area contributed by atoms with Gasteiger partial charge in [-0.05, 0) is 60.4 Å². The van der Waals surface area contributed by atoms with Crippen LogP contribution in [-0.2, 0) is 4.79 Å². The second kappa shape index (κ2) is 13.2. The minimum Gasteiger partial charge on any atom is -0.431 e. The zero-order chi connectivity index (χ0) is 26.4. The Balaban J connectivity index is 1.23. The van der Waals surface area contributed by atoms with Gasteiger partial charge in [0.1, 0.15) is 5.52 Å². The summed E-state index contributed by atoms with van der Waals surface area (Å²) in [5.41, 5.74) is 5.27. The van der Waals surface area contributed by atoms with Gasteiger partial charge in [-0.15, -0.1) is 11.8 Å². The number of para-hydroxylation sites is 2. The van der Waals surface area contributed by atoms with E-state index in [4.69, 9.17) is 4.42 Å². The van der Waals surface area contributed by atoms with Crippen LogP contribution in [0.25, 0.3) is 11.1 Å². The van der Waals surface area contributed by atoms with E-state index < -0.39 is 0 Å². The van der Waals surface area contributed by atoms with Crippen LogP contribution in [0.1, 0.15) is 57.1 Å². The highest BCUT2D eigenvalue weighted by atomic mass is 32.2. The fraction of sp³-hybridized carbons (Fsp3) is 0.517. The molecule has 1 saturated heterocycles. The maximum absolute atomic E-state index is 13.1. The number of hydrogen-bond donors (Lipinski definition) is 1. The van der Waals surface area contributed by atoms with Gasteiger partial charge in [-0.25, -0.2) is 4.98 Å². The molecule has 1 fully saturated rings. The van der Waals surface area contributed by atoms with Crippen LogP contribution in [0.2, 0.25) is 0 Å². The first-order valence-electron chi connectivity index (χ1n) is 13.3. The second-order valence-electron chi connectivity index (χ2n) is 10.3.